The van der Waals surface area contributed by atoms with Crippen LogP contribution in [0.5, 0.6) is 11.5 Å². The van der Waals surface area contributed by atoms with E-state index in [-0.39, 0.29) is 75.5 Å². The van der Waals surface area contributed by atoms with Crippen molar-refractivity contribution in [1.82, 2.24) is 0 Å². The SMILES string of the molecule is COc1cc(C(C)(C)C)c([O-])c(C(C)(C)C)c1.[Cl-].[Cl-].[Cl-].[Ti+4]. The Morgan fingerprint density at radius 1 is 0.810 bits per heavy atom. The molecule has 0 aliphatic carbocycles. The van der Waals surface area contributed by atoms with Crippen molar-refractivity contribution in [1.29, 1.82) is 0 Å². The van der Waals surface area contributed by atoms with Crippen LogP contribution in [0, 0.1) is 0 Å². The predicted octanol–water partition coefficient (Wildman–Crippen LogP) is -5.63. The number of hydrogen-bond acceptors (Lipinski definition) is 2. The molecule has 1 aromatic carbocycles. The number of methoxy groups -OCH3 is 1. The molecule has 0 radical (unpaired) electrons. The molecule has 0 spiro atoms. The molecule has 0 aliphatic heterocycles. The van der Waals surface area contributed by atoms with E-state index in [0.29, 0.717) is 0 Å². The van der Waals surface area contributed by atoms with Crippen LogP contribution in [0.15, 0.2) is 12.1 Å². The molecule has 0 aliphatic rings. The van der Waals surface area contributed by atoms with Gasteiger partial charge in [0.2, 0.25) is 0 Å². The van der Waals surface area contributed by atoms with Crippen molar-refractivity contribution in [2.24, 2.45) is 0 Å². The van der Waals surface area contributed by atoms with Gasteiger partial charge in [0.15, 0.2) is 0 Å². The Morgan fingerprint density at radius 2 is 1.10 bits per heavy atom. The quantitative estimate of drug-likeness (QED) is 0.449. The first-order valence-corrected chi connectivity index (χ1v) is 5.97. The summed E-state index contributed by atoms with van der Waals surface area (Å²) in [5, 5.41) is 12.5. The van der Waals surface area contributed by atoms with Gasteiger partial charge in [-0.2, -0.15) is 0 Å². The molecular formula is C15H23Cl3O2Ti. The Hall–Kier alpha value is 0.404. The van der Waals surface area contributed by atoms with E-state index in [1.54, 1.807) is 7.11 Å². The molecule has 1 rings (SSSR count). The summed E-state index contributed by atoms with van der Waals surface area (Å²) in [5.41, 5.74) is 1.32. The van der Waals surface area contributed by atoms with Gasteiger partial charge >= 0.3 is 21.7 Å². The minimum atomic E-state index is -0.161. The molecule has 0 saturated carbocycles. The fraction of sp³-hybridized carbons (Fsp3) is 0.600. The first-order chi connectivity index (χ1) is 7.57. The van der Waals surface area contributed by atoms with Crippen LogP contribution in [0.1, 0.15) is 52.7 Å². The fourth-order valence-electron chi connectivity index (χ4n) is 1.83. The summed E-state index contributed by atoms with van der Waals surface area (Å²) in [5.74, 6) is 0.908. The third-order valence-electron chi connectivity index (χ3n) is 2.91. The second-order valence-electron chi connectivity index (χ2n) is 6.55. The summed E-state index contributed by atoms with van der Waals surface area (Å²) in [7, 11) is 1.64. The molecule has 0 N–H and O–H groups in total. The van der Waals surface area contributed by atoms with Crippen LogP contribution in [-0.4, -0.2) is 7.11 Å². The van der Waals surface area contributed by atoms with Crippen molar-refractivity contribution in [3.63, 3.8) is 0 Å². The maximum Gasteiger partial charge on any atom is 4.00 e. The molecule has 0 unspecified atom stereocenters. The minimum absolute atomic E-state index is 0. The van der Waals surface area contributed by atoms with E-state index in [9.17, 15) is 5.11 Å². The van der Waals surface area contributed by atoms with Crippen molar-refractivity contribution in [3.05, 3.63) is 23.3 Å². The van der Waals surface area contributed by atoms with Crippen LogP contribution in [-0.2, 0) is 32.5 Å². The van der Waals surface area contributed by atoms with E-state index in [4.69, 9.17) is 4.74 Å². The zero-order valence-electron chi connectivity index (χ0n) is 13.6. The van der Waals surface area contributed by atoms with Crippen molar-refractivity contribution in [3.8, 4) is 11.5 Å². The molecule has 0 heterocycles. The van der Waals surface area contributed by atoms with E-state index in [0.717, 1.165) is 16.9 Å². The van der Waals surface area contributed by atoms with E-state index in [2.05, 4.69) is 41.5 Å². The molecule has 0 bridgehead atoms. The smallest absolute Gasteiger partial charge is 1.00 e. The van der Waals surface area contributed by atoms with Gasteiger partial charge in [-0.25, -0.2) is 0 Å². The van der Waals surface area contributed by atoms with Gasteiger partial charge in [0.25, 0.3) is 0 Å². The van der Waals surface area contributed by atoms with Crippen LogP contribution in [0.25, 0.3) is 0 Å². The van der Waals surface area contributed by atoms with Gasteiger partial charge in [-0.15, -0.1) is 5.75 Å². The predicted molar refractivity (Wildman–Crippen MR) is 69.8 cm³/mol. The molecule has 1 aromatic rings. The molecule has 120 valence electrons. The molecule has 0 fully saturated rings. The Labute approximate surface area is 162 Å². The Bertz CT molecular complexity index is 389. The molecular weight excluding hydrogens is 366 g/mol. The summed E-state index contributed by atoms with van der Waals surface area (Å²) in [6, 6.07) is 3.72. The van der Waals surface area contributed by atoms with Crippen molar-refractivity contribution in [2.75, 3.05) is 7.11 Å². The van der Waals surface area contributed by atoms with Crippen molar-refractivity contribution < 1.29 is 68.8 Å². The number of benzene rings is 1. The molecule has 0 amide bonds. The molecule has 0 saturated heterocycles. The van der Waals surface area contributed by atoms with Gasteiger partial charge in [0.05, 0.1) is 7.11 Å². The first kappa shape index (κ1) is 29.4. The van der Waals surface area contributed by atoms with Gasteiger partial charge in [0, 0.05) is 0 Å². The Morgan fingerprint density at radius 3 is 1.29 bits per heavy atom. The fourth-order valence-corrected chi connectivity index (χ4v) is 1.83. The number of rotatable bonds is 1. The Balaban J connectivity index is -0.000000361. The summed E-state index contributed by atoms with van der Waals surface area (Å²) in [6.07, 6.45) is 0. The van der Waals surface area contributed by atoms with Gasteiger partial charge < -0.3 is 47.1 Å². The van der Waals surface area contributed by atoms with E-state index in [1.807, 2.05) is 12.1 Å². The third kappa shape index (κ3) is 7.48. The zero-order chi connectivity index (χ0) is 13.4. The van der Waals surface area contributed by atoms with Crippen LogP contribution in [0.3, 0.4) is 0 Å². The standard InChI is InChI=1S/C15H24O2.3ClH.Ti/c1-14(2,3)11-8-10(17-7)9-12(13(11)16)15(4,5)6;;;;/h8-9,16H,1-7H3;3*1H;/q;;;;+4/p-4. The monoisotopic (exact) mass is 388 g/mol. The summed E-state index contributed by atoms with van der Waals surface area (Å²) < 4.78 is 5.30. The maximum absolute atomic E-state index is 12.5. The average molecular weight is 390 g/mol. The number of hydrogen-bond donors (Lipinski definition) is 0. The molecule has 6 heteroatoms. The van der Waals surface area contributed by atoms with Gasteiger partial charge in [-0.1, -0.05) is 41.5 Å². The topological polar surface area (TPSA) is 32.3 Å². The summed E-state index contributed by atoms with van der Waals surface area (Å²) in [4.78, 5) is 0. The molecule has 0 atom stereocenters. The molecule has 21 heavy (non-hydrogen) atoms. The summed E-state index contributed by atoms with van der Waals surface area (Å²) in [6.45, 7) is 12.3. The third-order valence-corrected chi connectivity index (χ3v) is 2.91. The Kier molecular flexibility index (Phi) is 14.3. The van der Waals surface area contributed by atoms with Crippen LogP contribution < -0.4 is 47.1 Å². The van der Waals surface area contributed by atoms with Crippen LogP contribution in [0.2, 0.25) is 0 Å². The van der Waals surface area contributed by atoms with Gasteiger partial charge in [-0.05, 0) is 34.1 Å². The second kappa shape index (κ2) is 10.2. The second-order valence-corrected chi connectivity index (χ2v) is 6.55. The van der Waals surface area contributed by atoms with Crippen molar-refractivity contribution in [2.45, 2.75) is 52.4 Å². The van der Waals surface area contributed by atoms with Gasteiger partial charge in [-0.3, -0.25) is 0 Å². The molecule has 0 aromatic heterocycles. The minimum Gasteiger partial charge on any atom is -1.00 e. The largest absolute Gasteiger partial charge is 4.00 e. The van der Waals surface area contributed by atoms with Crippen molar-refractivity contribution >= 4 is 0 Å². The zero-order valence-corrected chi connectivity index (χ0v) is 17.4. The number of halogens is 3. The van der Waals surface area contributed by atoms with E-state index >= 15 is 0 Å². The number of ether oxygens (including phenoxy) is 1. The average Bonchev–Trinajstić information content (AvgIpc) is 2.14. The normalized spacial score (nSPS) is 10.2. The van der Waals surface area contributed by atoms with E-state index in [1.165, 1.54) is 0 Å². The first-order valence-electron chi connectivity index (χ1n) is 5.97. The molecule has 2 nitrogen and oxygen atoms in total. The van der Waals surface area contributed by atoms with Gasteiger partial charge in [0.1, 0.15) is 5.75 Å². The van der Waals surface area contributed by atoms with Crippen LogP contribution in [0.4, 0.5) is 0 Å². The maximum atomic E-state index is 12.5. The van der Waals surface area contributed by atoms with E-state index < -0.39 is 0 Å². The summed E-state index contributed by atoms with van der Waals surface area (Å²) >= 11 is 0. The van der Waals surface area contributed by atoms with Crippen LogP contribution >= 0.6 is 0 Å².